The molecule has 2 atom stereocenters. The van der Waals surface area contributed by atoms with E-state index in [2.05, 4.69) is 63.3 Å². The molecule has 3 N–H and O–H groups in total. The standard InChI is InChI=1S/C21H24Br2N2O2S/c1-4-21(2,3)10-5-6-12-15(7-10)28-20-16(12)19(27)24-18(25-20)13-8-11(22)9-14(23)17(13)26/h8-10,18,25-26H,4-7H2,1-3H3,(H,24,27). The van der Waals surface area contributed by atoms with Gasteiger partial charge < -0.3 is 15.7 Å². The number of anilines is 1. The molecule has 150 valence electrons. The third-order valence-electron chi connectivity index (χ3n) is 6.43. The molecule has 1 amide bonds. The first-order valence-corrected chi connectivity index (χ1v) is 12.0. The Morgan fingerprint density at radius 2 is 2.04 bits per heavy atom. The molecule has 0 bridgehead atoms. The van der Waals surface area contributed by atoms with Gasteiger partial charge in [-0.15, -0.1) is 11.3 Å². The van der Waals surface area contributed by atoms with E-state index in [0.717, 1.165) is 40.7 Å². The normalized spacial score (nSPS) is 21.5. The Hall–Kier alpha value is -1.05. The van der Waals surface area contributed by atoms with Crippen molar-refractivity contribution in [3.05, 3.63) is 42.6 Å². The summed E-state index contributed by atoms with van der Waals surface area (Å²) in [5.74, 6) is 0.726. The van der Waals surface area contributed by atoms with Crippen molar-refractivity contribution in [1.82, 2.24) is 5.32 Å². The van der Waals surface area contributed by atoms with E-state index < -0.39 is 6.17 Å². The lowest BCUT2D eigenvalue weighted by atomic mass is 9.69. The number of carbonyl (C=O) groups excluding carboxylic acids is 1. The lowest BCUT2D eigenvalue weighted by Crippen LogP contribution is -2.38. The van der Waals surface area contributed by atoms with Gasteiger partial charge in [0.15, 0.2) is 0 Å². The largest absolute Gasteiger partial charge is 0.506 e. The summed E-state index contributed by atoms with van der Waals surface area (Å²) in [7, 11) is 0. The Bertz CT molecular complexity index is 954. The van der Waals surface area contributed by atoms with Crippen LogP contribution in [0.3, 0.4) is 0 Å². The number of aromatic hydroxyl groups is 1. The molecule has 1 aliphatic heterocycles. The Kier molecular flexibility index (Phi) is 5.30. The second-order valence-corrected chi connectivity index (χ2v) is 11.2. The molecule has 4 rings (SSSR count). The number of fused-ring (bicyclic) bond motifs is 3. The quantitative estimate of drug-likeness (QED) is 0.434. The Morgan fingerprint density at radius 1 is 1.29 bits per heavy atom. The maximum atomic E-state index is 13.0. The van der Waals surface area contributed by atoms with Crippen LogP contribution >= 0.6 is 43.2 Å². The smallest absolute Gasteiger partial charge is 0.256 e. The number of phenols is 1. The second kappa shape index (κ2) is 7.33. The maximum Gasteiger partial charge on any atom is 0.256 e. The summed E-state index contributed by atoms with van der Waals surface area (Å²) in [4.78, 5) is 14.3. The Morgan fingerprint density at radius 3 is 2.75 bits per heavy atom. The average Bonchev–Trinajstić information content (AvgIpc) is 3.02. The number of rotatable bonds is 3. The van der Waals surface area contributed by atoms with Gasteiger partial charge in [0.25, 0.3) is 5.91 Å². The number of hydrogen-bond donors (Lipinski definition) is 3. The fourth-order valence-corrected chi connectivity index (χ4v) is 6.83. The van der Waals surface area contributed by atoms with Gasteiger partial charge in [0.2, 0.25) is 0 Å². The van der Waals surface area contributed by atoms with Crippen LogP contribution in [-0.4, -0.2) is 11.0 Å². The van der Waals surface area contributed by atoms with Gasteiger partial charge in [-0.2, -0.15) is 0 Å². The number of nitrogens with one attached hydrogen (secondary N) is 2. The van der Waals surface area contributed by atoms with Gasteiger partial charge in [-0.05, 0) is 64.2 Å². The fraction of sp³-hybridized carbons (Fsp3) is 0.476. The molecule has 4 nitrogen and oxygen atoms in total. The van der Waals surface area contributed by atoms with Gasteiger partial charge in [-0.25, -0.2) is 0 Å². The number of phenolic OH excluding ortho intramolecular Hbond substituents is 1. The SMILES string of the molecule is CCC(C)(C)C1CCc2c(sc3c2C(=O)NC(c2cc(Br)cc(Br)c2O)N3)C1. The minimum absolute atomic E-state index is 0.0556. The highest BCUT2D eigenvalue weighted by Crippen LogP contribution is 2.47. The molecule has 0 spiro atoms. The van der Waals surface area contributed by atoms with E-state index in [1.54, 1.807) is 17.4 Å². The molecular weight excluding hydrogens is 504 g/mol. The van der Waals surface area contributed by atoms with Crippen molar-refractivity contribution in [2.24, 2.45) is 11.3 Å². The molecule has 1 aromatic heterocycles. The van der Waals surface area contributed by atoms with Gasteiger partial charge in [0, 0.05) is 14.9 Å². The van der Waals surface area contributed by atoms with Crippen LogP contribution in [0.25, 0.3) is 0 Å². The van der Waals surface area contributed by atoms with E-state index in [1.807, 2.05) is 6.07 Å². The summed E-state index contributed by atoms with van der Waals surface area (Å²) < 4.78 is 1.43. The number of thiophene rings is 1. The lowest BCUT2D eigenvalue weighted by molar-refractivity contribution is 0.0934. The molecule has 0 saturated heterocycles. The number of hydrogen-bond acceptors (Lipinski definition) is 4. The first kappa shape index (κ1) is 20.2. The van der Waals surface area contributed by atoms with Crippen LogP contribution in [0.1, 0.15) is 66.1 Å². The van der Waals surface area contributed by atoms with Crippen LogP contribution in [0.5, 0.6) is 5.75 Å². The highest BCUT2D eigenvalue weighted by molar-refractivity contribution is 9.11. The molecule has 28 heavy (non-hydrogen) atoms. The molecular formula is C21H24Br2N2O2S. The summed E-state index contributed by atoms with van der Waals surface area (Å²) in [5.41, 5.74) is 2.97. The van der Waals surface area contributed by atoms with Crippen LogP contribution in [0, 0.1) is 11.3 Å². The van der Waals surface area contributed by atoms with Crippen molar-refractivity contribution >= 4 is 54.1 Å². The summed E-state index contributed by atoms with van der Waals surface area (Å²) in [6.45, 7) is 6.97. The molecule has 2 unspecified atom stereocenters. The van der Waals surface area contributed by atoms with E-state index in [-0.39, 0.29) is 11.7 Å². The fourth-order valence-electron chi connectivity index (χ4n) is 4.22. The van der Waals surface area contributed by atoms with Crippen LogP contribution in [-0.2, 0) is 12.8 Å². The minimum Gasteiger partial charge on any atom is -0.506 e. The van der Waals surface area contributed by atoms with E-state index in [9.17, 15) is 9.90 Å². The third-order valence-corrected chi connectivity index (χ3v) is 8.68. The summed E-state index contributed by atoms with van der Waals surface area (Å²) in [5, 5.41) is 17.9. The van der Waals surface area contributed by atoms with Crippen molar-refractivity contribution in [2.75, 3.05) is 5.32 Å². The van der Waals surface area contributed by atoms with Gasteiger partial charge in [0.1, 0.15) is 16.9 Å². The summed E-state index contributed by atoms with van der Waals surface area (Å²) in [6, 6.07) is 3.62. The molecule has 0 radical (unpaired) electrons. The number of benzene rings is 1. The predicted octanol–water partition coefficient (Wildman–Crippen LogP) is 6.37. The number of carbonyl (C=O) groups is 1. The molecule has 2 aliphatic rings. The predicted molar refractivity (Wildman–Crippen MR) is 121 cm³/mol. The van der Waals surface area contributed by atoms with Gasteiger partial charge in [-0.1, -0.05) is 43.1 Å². The maximum absolute atomic E-state index is 13.0. The molecule has 7 heteroatoms. The van der Waals surface area contributed by atoms with Gasteiger partial charge in [0.05, 0.1) is 10.0 Å². The summed E-state index contributed by atoms with van der Waals surface area (Å²) in [6.07, 6.45) is 3.84. The first-order valence-electron chi connectivity index (χ1n) is 9.61. The third kappa shape index (κ3) is 3.39. The average molecular weight is 528 g/mol. The van der Waals surface area contributed by atoms with Gasteiger partial charge >= 0.3 is 0 Å². The van der Waals surface area contributed by atoms with Crippen LogP contribution in [0.4, 0.5) is 5.00 Å². The van der Waals surface area contributed by atoms with Crippen LogP contribution < -0.4 is 10.6 Å². The number of amides is 1. The Labute approximate surface area is 186 Å². The highest BCUT2D eigenvalue weighted by Gasteiger charge is 2.37. The molecule has 2 aromatic rings. The van der Waals surface area contributed by atoms with Crippen molar-refractivity contribution in [3.8, 4) is 5.75 Å². The zero-order chi connectivity index (χ0) is 20.2. The van der Waals surface area contributed by atoms with Gasteiger partial charge in [-0.3, -0.25) is 4.79 Å². The zero-order valence-corrected chi connectivity index (χ0v) is 20.1. The van der Waals surface area contributed by atoms with Crippen molar-refractivity contribution < 1.29 is 9.90 Å². The molecule has 0 fully saturated rings. The van der Waals surface area contributed by atoms with E-state index in [4.69, 9.17) is 0 Å². The molecule has 1 aromatic carbocycles. The van der Waals surface area contributed by atoms with Crippen LogP contribution in [0.2, 0.25) is 0 Å². The first-order chi connectivity index (χ1) is 13.2. The zero-order valence-electron chi connectivity index (χ0n) is 16.2. The molecule has 0 saturated carbocycles. The van der Waals surface area contributed by atoms with Crippen molar-refractivity contribution in [3.63, 3.8) is 0 Å². The van der Waals surface area contributed by atoms with Crippen LogP contribution in [0.15, 0.2) is 21.1 Å². The lowest BCUT2D eigenvalue weighted by Gasteiger charge is -2.36. The van der Waals surface area contributed by atoms with Crippen molar-refractivity contribution in [1.29, 1.82) is 0 Å². The highest BCUT2D eigenvalue weighted by atomic mass is 79.9. The second-order valence-electron chi connectivity index (χ2n) is 8.37. The van der Waals surface area contributed by atoms with E-state index in [1.165, 1.54) is 10.4 Å². The van der Waals surface area contributed by atoms with E-state index in [0.29, 0.717) is 21.4 Å². The monoisotopic (exact) mass is 526 g/mol. The van der Waals surface area contributed by atoms with Crippen molar-refractivity contribution in [2.45, 2.75) is 52.6 Å². The summed E-state index contributed by atoms with van der Waals surface area (Å²) >= 11 is 8.54. The minimum atomic E-state index is -0.461. The Balaban J connectivity index is 1.67. The number of halogens is 2. The topological polar surface area (TPSA) is 61.4 Å². The van der Waals surface area contributed by atoms with E-state index >= 15 is 0 Å². The molecule has 1 aliphatic carbocycles. The molecule has 2 heterocycles.